The maximum atomic E-state index is 6.53. The second-order valence-corrected chi connectivity index (χ2v) is 5.09. The van der Waals surface area contributed by atoms with Crippen molar-refractivity contribution in [1.82, 2.24) is 0 Å². The van der Waals surface area contributed by atoms with Crippen molar-refractivity contribution in [3.63, 3.8) is 0 Å². The van der Waals surface area contributed by atoms with E-state index < -0.39 is 0 Å². The minimum absolute atomic E-state index is 0.0258. The Morgan fingerprint density at radius 1 is 0.824 bits per heavy atom. The average Bonchev–Trinajstić information content (AvgIpc) is 2.86. The van der Waals surface area contributed by atoms with E-state index in [9.17, 15) is 0 Å². The summed E-state index contributed by atoms with van der Waals surface area (Å²) in [6, 6.07) is 17.0. The largest absolute Gasteiger partial charge is 0.113 e. The Balaban J connectivity index is 1.94. The maximum absolute atomic E-state index is 6.53. The van der Waals surface area contributed by atoms with Crippen LogP contribution in [0.5, 0.6) is 0 Å². The summed E-state index contributed by atoms with van der Waals surface area (Å²) in [5.74, 6) is 0. The lowest BCUT2D eigenvalue weighted by atomic mass is 10.0. The SMILES string of the molecule is ClC(c1ccccc1)c1ccc2c(c1)CCC2. The van der Waals surface area contributed by atoms with Crippen molar-refractivity contribution in [3.8, 4) is 0 Å². The van der Waals surface area contributed by atoms with E-state index in [0.717, 1.165) is 0 Å². The van der Waals surface area contributed by atoms with Crippen molar-refractivity contribution in [2.24, 2.45) is 0 Å². The van der Waals surface area contributed by atoms with E-state index in [4.69, 9.17) is 11.6 Å². The van der Waals surface area contributed by atoms with Gasteiger partial charge in [-0.05, 0) is 41.5 Å². The number of fused-ring (bicyclic) bond motifs is 1. The summed E-state index contributed by atoms with van der Waals surface area (Å²) in [4.78, 5) is 0. The van der Waals surface area contributed by atoms with Crippen LogP contribution in [0.4, 0.5) is 0 Å². The Morgan fingerprint density at radius 2 is 1.59 bits per heavy atom. The zero-order valence-electron chi connectivity index (χ0n) is 9.70. The van der Waals surface area contributed by atoms with Gasteiger partial charge in [0, 0.05) is 0 Å². The topological polar surface area (TPSA) is 0 Å². The van der Waals surface area contributed by atoms with Crippen LogP contribution in [-0.4, -0.2) is 0 Å². The van der Waals surface area contributed by atoms with Crippen LogP contribution >= 0.6 is 11.6 Å². The van der Waals surface area contributed by atoms with Gasteiger partial charge in [-0.3, -0.25) is 0 Å². The van der Waals surface area contributed by atoms with Crippen molar-refractivity contribution in [2.75, 3.05) is 0 Å². The summed E-state index contributed by atoms with van der Waals surface area (Å²) in [7, 11) is 0. The van der Waals surface area contributed by atoms with Gasteiger partial charge in [-0.25, -0.2) is 0 Å². The Kier molecular flexibility index (Phi) is 2.90. The summed E-state index contributed by atoms with van der Waals surface area (Å²) in [5, 5.41) is -0.0258. The summed E-state index contributed by atoms with van der Waals surface area (Å²) in [5.41, 5.74) is 5.39. The van der Waals surface area contributed by atoms with Crippen LogP contribution in [0.25, 0.3) is 0 Å². The summed E-state index contributed by atoms with van der Waals surface area (Å²) in [6.07, 6.45) is 3.73. The number of benzene rings is 2. The molecule has 0 saturated heterocycles. The zero-order valence-corrected chi connectivity index (χ0v) is 10.5. The lowest BCUT2D eigenvalue weighted by Crippen LogP contribution is -1.94. The Bertz CT molecular complexity index is 516. The molecule has 0 aliphatic heterocycles. The third-order valence-electron chi connectivity index (χ3n) is 3.51. The van der Waals surface area contributed by atoms with E-state index in [0.29, 0.717) is 0 Å². The third-order valence-corrected chi connectivity index (χ3v) is 4.01. The molecule has 17 heavy (non-hydrogen) atoms. The van der Waals surface area contributed by atoms with Gasteiger partial charge in [0.15, 0.2) is 0 Å². The van der Waals surface area contributed by atoms with Crippen molar-refractivity contribution in [1.29, 1.82) is 0 Å². The van der Waals surface area contributed by atoms with Gasteiger partial charge < -0.3 is 0 Å². The standard InChI is InChI=1S/C16H15Cl/c17-16(13-5-2-1-3-6-13)15-10-9-12-7-4-8-14(12)11-15/h1-3,5-6,9-11,16H,4,7-8H2. The van der Waals surface area contributed by atoms with Gasteiger partial charge in [0.05, 0.1) is 5.38 Å². The van der Waals surface area contributed by atoms with Gasteiger partial charge in [-0.1, -0.05) is 48.5 Å². The fourth-order valence-electron chi connectivity index (χ4n) is 2.56. The second-order valence-electron chi connectivity index (χ2n) is 4.65. The van der Waals surface area contributed by atoms with Crippen LogP contribution in [0.15, 0.2) is 48.5 Å². The molecule has 1 aliphatic carbocycles. The summed E-state index contributed by atoms with van der Waals surface area (Å²) >= 11 is 6.53. The van der Waals surface area contributed by atoms with Crippen LogP contribution in [0.2, 0.25) is 0 Å². The highest BCUT2D eigenvalue weighted by molar-refractivity contribution is 6.22. The highest BCUT2D eigenvalue weighted by atomic mass is 35.5. The van der Waals surface area contributed by atoms with Gasteiger partial charge >= 0.3 is 0 Å². The second kappa shape index (κ2) is 4.54. The van der Waals surface area contributed by atoms with Crippen molar-refractivity contribution >= 4 is 11.6 Å². The molecule has 0 aromatic heterocycles. The van der Waals surface area contributed by atoms with E-state index >= 15 is 0 Å². The zero-order chi connectivity index (χ0) is 11.7. The van der Waals surface area contributed by atoms with Gasteiger partial charge in [0.1, 0.15) is 0 Å². The molecule has 0 amide bonds. The minimum Gasteiger partial charge on any atom is -0.113 e. The molecule has 0 nitrogen and oxygen atoms in total. The third kappa shape index (κ3) is 2.10. The molecule has 1 aliphatic rings. The number of aryl methyl sites for hydroxylation is 2. The van der Waals surface area contributed by atoms with E-state index in [1.54, 1.807) is 0 Å². The van der Waals surface area contributed by atoms with Crippen LogP contribution in [0.1, 0.15) is 34.1 Å². The minimum atomic E-state index is -0.0258. The van der Waals surface area contributed by atoms with Gasteiger partial charge in [0.25, 0.3) is 0 Å². The average molecular weight is 243 g/mol. The van der Waals surface area contributed by atoms with Crippen molar-refractivity contribution in [2.45, 2.75) is 24.6 Å². The molecule has 86 valence electrons. The first-order chi connectivity index (χ1) is 8.34. The number of rotatable bonds is 2. The van der Waals surface area contributed by atoms with Gasteiger partial charge in [-0.2, -0.15) is 0 Å². The maximum Gasteiger partial charge on any atom is 0.0835 e. The number of hydrogen-bond donors (Lipinski definition) is 0. The van der Waals surface area contributed by atoms with Crippen molar-refractivity contribution < 1.29 is 0 Å². The van der Waals surface area contributed by atoms with E-state index in [1.165, 1.54) is 41.5 Å². The molecule has 2 aromatic carbocycles. The highest BCUT2D eigenvalue weighted by Gasteiger charge is 2.15. The quantitative estimate of drug-likeness (QED) is 0.680. The Hall–Kier alpha value is -1.27. The van der Waals surface area contributed by atoms with E-state index in [1.807, 2.05) is 18.2 Å². The normalized spacial score (nSPS) is 15.6. The fraction of sp³-hybridized carbons (Fsp3) is 0.250. The molecular formula is C16H15Cl. The van der Waals surface area contributed by atoms with E-state index in [2.05, 4.69) is 30.3 Å². The van der Waals surface area contributed by atoms with Gasteiger partial charge in [-0.15, -0.1) is 11.6 Å². The predicted octanol–water partition coefficient (Wildman–Crippen LogP) is 4.50. The number of halogens is 1. The molecule has 0 N–H and O–H groups in total. The Morgan fingerprint density at radius 3 is 2.41 bits per heavy atom. The van der Waals surface area contributed by atoms with Crippen LogP contribution in [0, 0.1) is 0 Å². The predicted molar refractivity (Wildman–Crippen MR) is 72.6 cm³/mol. The van der Waals surface area contributed by atoms with E-state index in [-0.39, 0.29) is 5.38 Å². The first-order valence-electron chi connectivity index (χ1n) is 6.15. The molecule has 2 aromatic rings. The van der Waals surface area contributed by atoms with Gasteiger partial charge in [0.2, 0.25) is 0 Å². The number of alkyl halides is 1. The lowest BCUT2D eigenvalue weighted by molar-refractivity contribution is 0.911. The fourth-order valence-corrected chi connectivity index (χ4v) is 2.85. The lowest BCUT2D eigenvalue weighted by Gasteiger charge is -2.12. The molecule has 0 radical (unpaired) electrons. The molecular weight excluding hydrogens is 228 g/mol. The molecule has 0 heterocycles. The molecule has 0 bridgehead atoms. The smallest absolute Gasteiger partial charge is 0.0835 e. The van der Waals surface area contributed by atoms with Crippen LogP contribution in [0.3, 0.4) is 0 Å². The summed E-state index contributed by atoms with van der Waals surface area (Å²) < 4.78 is 0. The molecule has 1 heteroatoms. The van der Waals surface area contributed by atoms with Crippen LogP contribution < -0.4 is 0 Å². The molecule has 1 unspecified atom stereocenters. The summed E-state index contributed by atoms with van der Waals surface area (Å²) in [6.45, 7) is 0. The van der Waals surface area contributed by atoms with Crippen molar-refractivity contribution in [3.05, 3.63) is 70.8 Å². The molecule has 0 spiro atoms. The highest BCUT2D eigenvalue weighted by Crippen LogP contribution is 2.32. The molecule has 0 fully saturated rings. The first-order valence-corrected chi connectivity index (χ1v) is 6.59. The Labute approximate surface area is 107 Å². The van der Waals surface area contributed by atoms with Crippen LogP contribution in [-0.2, 0) is 12.8 Å². The monoisotopic (exact) mass is 242 g/mol. The first kappa shape index (κ1) is 10.9. The number of hydrogen-bond acceptors (Lipinski definition) is 0. The molecule has 1 atom stereocenters. The molecule has 3 rings (SSSR count). The molecule has 0 saturated carbocycles.